The lowest BCUT2D eigenvalue weighted by Gasteiger charge is -2.22. The lowest BCUT2D eigenvalue weighted by molar-refractivity contribution is -0.154. The first-order valence-corrected chi connectivity index (χ1v) is 10.6. The fourth-order valence-corrected chi connectivity index (χ4v) is 3.74. The molecule has 0 N–H and O–H groups in total. The molecular formula is C24H23ClFNO6. The van der Waals surface area contributed by atoms with Gasteiger partial charge < -0.3 is 14.2 Å². The molecule has 7 nitrogen and oxygen atoms in total. The highest BCUT2D eigenvalue weighted by atomic mass is 35.5. The standard InChI is InChI=1S/C24H23ClFNO6/c1-31-20-14-15(13-18(25)22(20)32-2)6-11-21(28)33-19-5-3-4-12-27(24(19)30)23(29)16-7-9-17(26)10-8-16/h6-11,13-14,19H,3-5,12H2,1-2H3/b11-6+. The highest BCUT2D eigenvalue weighted by Gasteiger charge is 2.33. The molecule has 0 radical (unpaired) electrons. The van der Waals surface area contributed by atoms with Crippen LogP contribution in [0.25, 0.3) is 6.08 Å². The third kappa shape index (κ3) is 5.90. The van der Waals surface area contributed by atoms with Gasteiger partial charge in [0.15, 0.2) is 17.6 Å². The van der Waals surface area contributed by atoms with E-state index in [0.29, 0.717) is 41.3 Å². The zero-order valence-electron chi connectivity index (χ0n) is 18.2. The maximum absolute atomic E-state index is 13.2. The number of amides is 2. The molecule has 1 aliphatic rings. The van der Waals surface area contributed by atoms with Crippen LogP contribution in [0.2, 0.25) is 5.02 Å². The van der Waals surface area contributed by atoms with Crippen LogP contribution in [0.15, 0.2) is 42.5 Å². The summed E-state index contributed by atoms with van der Waals surface area (Å²) in [7, 11) is 2.93. The van der Waals surface area contributed by atoms with Crippen molar-refractivity contribution in [2.75, 3.05) is 20.8 Å². The van der Waals surface area contributed by atoms with Crippen LogP contribution in [-0.2, 0) is 14.3 Å². The summed E-state index contributed by atoms with van der Waals surface area (Å²) < 4.78 is 28.9. The summed E-state index contributed by atoms with van der Waals surface area (Å²) in [5.41, 5.74) is 0.747. The predicted molar refractivity (Wildman–Crippen MR) is 120 cm³/mol. The van der Waals surface area contributed by atoms with Gasteiger partial charge in [-0.15, -0.1) is 0 Å². The highest BCUT2D eigenvalue weighted by molar-refractivity contribution is 6.32. The summed E-state index contributed by atoms with van der Waals surface area (Å²) in [5.74, 6) is -1.62. The molecule has 0 spiro atoms. The van der Waals surface area contributed by atoms with Gasteiger partial charge in [0.1, 0.15) is 5.82 Å². The van der Waals surface area contributed by atoms with Crippen molar-refractivity contribution < 1.29 is 33.0 Å². The number of carbonyl (C=O) groups is 3. The number of benzene rings is 2. The summed E-state index contributed by atoms with van der Waals surface area (Å²) in [6.07, 6.45) is 3.02. The van der Waals surface area contributed by atoms with E-state index < -0.39 is 29.7 Å². The normalized spacial score (nSPS) is 16.4. The molecule has 1 saturated heterocycles. The number of imide groups is 1. The minimum Gasteiger partial charge on any atom is -0.493 e. The third-order valence-corrected chi connectivity index (χ3v) is 5.38. The fourth-order valence-electron chi connectivity index (χ4n) is 3.44. The van der Waals surface area contributed by atoms with Gasteiger partial charge in [-0.2, -0.15) is 0 Å². The van der Waals surface area contributed by atoms with Crippen molar-refractivity contribution in [1.29, 1.82) is 0 Å². The molecule has 1 fully saturated rings. The summed E-state index contributed by atoms with van der Waals surface area (Å²) >= 11 is 6.17. The number of methoxy groups -OCH3 is 2. The number of halogens is 2. The van der Waals surface area contributed by atoms with Crippen LogP contribution in [0.3, 0.4) is 0 Å². The maximum atomic E-state index is 13.2. The molecule has 1 unspecified atom stereocenters. The van der Waals surface area contributed by atoms with E-state index in [4.69, 9.17) is 25.8 Å². The Bertz CT molecular complexity index is 1070. The second-order valence-electron chi connectivity index (χ2n) is 7.29. The first kappa shape index (κ1) is 24.3. The number of nitrogens with zero attached hydrogens (tertiary/aromatic N) is 1. The molecule has 3 rings (SSSR count). The maximum Gasteiger partial charge on any atom is 0.331 e. The average Bonchev–Trinajstić information content (AvgIpc) is 2.98. The van der Waals surface area contributed by atoms with E-state index in [-0.39, 0.29) is 12.1 Å². The molecule has 174 valence electrons. The summed E-state index contributed by atoms with van der Waals surface area (Å²) in [4.78, 5) is 39.1. The van der Waals surface area contributed by atoms with E-state index in [1.807, 2.05) is 0 Å². The second-order valence-corrected chi connectivity index (χ2v) is 7.70. The Morgan fingerprint density at radius 1 is 1.12 bits per heavy atom. The van der Waals surface area contributed by atoms with Crippen LogP contribution in [0.1, 0.15) is 35.2 Å². The Morgan fingerprint density at radius 2 is 1.85 bits per heavy atom. The van der Waals surface area contributed by atoms with Gasteiger partial charge in [0.05, 0.1) is 19.2 Å². The van der Waals surface area contributed by atoms with Crippen LogP contribution in [-0.4, -0.2) is 49.6 Å². The number of rotatable bonds is 6. The molecule has 2 aromatic carbocycles. The molecule has 9 heteroatoms. The monoisotopic (exact) mass is 475 g/mol. The Balaban J connectivity index is 1.70. The van der Waals surface area contributed by atoms with Crippen molar-refractivity contribution in [2.45, 2.75) is 25.4 Å². The van der Waals surface area contributed by atoms with Gasteiger partial charge in [0, 0.05) is 18.2 Å². The minimum atomic E-state index is -1.09. The zero-order valence-corrected chi connectivity index (χ0v) is 18.9. The lowest BCUT2D eigenvalue weighted by Crippen LogP contribution is -2.43. The van der Waals surface area contributed by atoms with Crippen LogP contribution in [0.4, 0.5) is 4.39 Å². The molecule has 0 aromatic heterocycles. The predicted octanol–water partition coefficient (Wildman–Crippen LogP) is 4.27. The van der Waals surface area contributed by atoms with Crippen LogP contribution >= 0.6 is 11.6 Å². The molecular weight excluding hydrogens is 453 g/mol. The van der Waals surface area contributed by atoms with Crippen molar-refractivity contribution in [3.8, 4) is 11.5 Å². The Labute approximate surface area is 195 Å². The van der Waals surface area contributed by atoms with Crippen LogP contribution in [0.5, 0.6) is 11.5 Å². The number of carbonyl (C=O) groups excluding carboxylic acids is 3. The molecule has 2 aromatic rings. The molecule has 1 atom stereocenters. The average molecular weight is 476 g/mol. The molecule has 33 heavy (non-hydrogen) atoms. The smallest absolute Gasteiger partial charge is 0.331 e. The molecule has 0 aliphatic carbocycles. The van der Waals surface area contributed by atoms with Gasteiger partial charge in [0.25, 0.3) is 11.8 Å². The van der Waals surface area contributed by atoms with Crippen molar-refractivity contribution in [1.82, 2.24) is 4.90 Å². The SMILES string of the molecule is COc1cc(/C=C/C(=O)OC2CCCCN(C(=O)c3ccc(F)cc3)C2=O)cc(Cl)c1OC. The van der Waals surface area contributed by atoms with Crippen molar-refractivity contribution in [3.05, 3.63) is 64.4 Å². The minimum absolute atomic E-state index is 0.182. The van der Waals surface area contributed by atoms with E-state index in [1.54, 1.807) is 12.1 Å². The van der Waals surface area contributed by atoms with E-state index >= 15 is 0 Å². The van der Waals surface area contributed by atoms with Crippen LogP contribution in [0, 0.1) is 5.82 Å². The van der Waals surface area contributed by atoms with Gasteiger partial charge in [-0.3, -0.25) is 14.5 Å². The Hall–Kier alpha value is -3.39. The Morgan fingerprint density at radius 3 is 2.52 bits per heavy atom. The summed E-state index contributed by atoms with van der Waals surface area (Å²) in [5, 5.41) is 0.304. The third-order valence-electron chi connectivity index (χ3n) is 5.10. The number of hydrogen-bond acceptors (Lipinski definition) is 6. The number of esters is 1. The largest absolute Gasteiger partial charge is 0.493 e. The first-order chi connectivity index (χ1) is 15.8. The molecule has 2 amide bonds. The number of hydrogen-bond donors (Lipinski definition) is 0. The molecule has 1 heterocycles. The van der Waals surface area contributed by atoms with Crippen molar-refractivity contribution in [3.63, 3.8) is 0 Å². The van der Waals surface area contributed by atoms with Gasteiger partial charge in [-0.05, 0) is 67.3 Å². The highest BCUT2D eigenvalue weighted by Crippen LogP contribution is 2.36. The molecule has 1 aliphatic heterocycles. The Kier molecular flexibility index (Phi) is 8.06. The van der Waals surface area contributed by atoms with Crippen LogP contribution < -0.4 is 9.47 Å². The summed E-state index contributed by atoms with van der Waals surface area (Å²) in [6.45, 7) is 0.197. The van der Waals surface area contributed by atoms with E-state index in [1.165, 1.54) is 38.5 Å². The lowest BCUT2D eigenvalue weighted by atomic mass is 10.1. The van der Waals surface area contributed by atoms with Crippen molar-refractivity contribution >= 4 is 35.5 Å². The quantitative estimate of drug-likeness (QED) is 0.352. The topological polar surface area (TPSA) is 82.1 Å². The van der Waals surface area contributed by atoms with Gasteiger partial charge >= 0.3 is 5.97 Å². The van der Waals surface area contributed by atoms with Gasteiger partial charge in [-0.25, -0.2) is 9.18 Å². The van der Waals surface area contributed by atoms with E-state index in [9.17, 15) is 18.8 Å². The van der Waals surface area contributed by atoms with Gasteiger partial charge in [-0.1, -0.05) is 11.6 Å². The first-order valence-electron chi connectivity index (χ1n) is 10.3. The van der Waals surface area contributed by atoms with E-state index in [0.717, 1.165) is 17.0 Å². The second kappa shape index (κ2) is 11.0. The number of likely N-dealkylation sites (tertiary alicyclic amines) is 1. The molecule has 0 bridgehead atoms. The summed E-state index contributed by atoms with van der Waals surface area (Å²) in [6, 6.07) is 8.15. The molecule has 0 saturated carbocycles. The number of ether oxygens (including phenoxy) is 3. The van der Waals surface area contributed by atoms with Crippen molar-refractivity contribution in [2.24, 2.45) is 0 Å². The fraction of sp³-hybridized carbons (Fsp3) is 0.292. The zero-order chi connectivity index (χ0) is 24.0. The van der Waals surface area contributed by atoms with Gasteiger partial charge in [0.2, 0.25) is 0 Å². The van der Waals surface area contributed by atoms with E-state index in [2.05, 4.69) is 0 Å².